The Bertz CT molecular complexity index is 1830. The first kappa shape index (κ1) is 30.9. The molecule has 0 radical (unpaired) electrons. The summed E-state index contributed by atoms with van der Waals surface area (Å²) in [6.45, 7) is 3.58. The second-order valence-corrected chi connectivity index (χ2v) is 11.7. The van der Waals surface area contributed by atoms with Crippen molar-refractivity contribution in [1.29, 1.82) is 0 Å². The molecule has 1 saturated carbocycles. The Kier molecular flexibility index (Phi) is 8.77. The number of nitrogens with zero attached hydrogens (tertiary/aromatic N) is 5. The lowest BCUT2D eigenvalue weighted by Gasteiger charge is -2.38. The van der Waals surface area contributed by atoms with Gasteiger partial charge in [-0.25, -0.2) is 14.6 Å². The molecule has 1 fully saturated rings. The molecule has 238 valence electrons. The lowest BCUT2D eigenvalue weighted by atomic mass is 9.82. The van der Waals surface area contributed by atoms with E-state index in [2.05, 4.69) is 31.1 Å². The maximum absolute atomic E-state index is 13.9. The third-order valence-corrected chi connectivity index (χ3v) is 8.54. The molecule has 1 aliphatic rings. The van der Waals surface area contributed by atoms with Crippen molar-refractivity contribution in [3.8, 4) is 22.5 Å². The van der Waals surface area contributed by atoms with Crippen molar-refractivity contribution in [3.05, 3.63) is 83.7 Å². The van der Waals surface area contributed by atoms with Crippen molar-refractivity contribution < 1.29 is 29.4 Å². The maximum Gasteiger partial charge on any atom is 0.525 e. The minimum atomic E-state index is -1.52. The molecule has 0 saturated heterocycles. The number of para-hydroxylation sites is 1. The number of esters is 1. The number of carbonyl (C=O) groups excluding carboxylic acids is 1. The highest BCUT2D eigenvalue weighted by molar-refractivity contribution is 6.02. The number of hydrogen-bond acceptors (Lipinski definition) is 10. The molecule has 0 bridgehead atoms. The van der Waals surface area contributed by atoms with E-state index in [1.807, 2.05) is 53.1 Å². The van der Waals surface area contributed by atoms with E-state index in [1.165, 1.54) is 0 Å². The van der Waals surface area contributed by atoms with Gasteiger partial charge >= 0.3 is 12.1 Å². The molecule has 46 heavy (non-hydrogen) atoms. The molecule has 2 unspecified atom stereocenters. The Balaban J connectivity index is 1.33. The first-order chi connectivity index (χ1) is 22.2. The summed E-state index contributed by atoms with van der Waals surface area (Å²) in [4.78, 5) is 34.5. The number of hydroxylamine groups is 1. The zero-order valence-electron chi connectivity index (χ0n) is 25.5. The van der Waals surface area contributed by atoms with Crippen molar-refractivity contribution in [1.82, 2.24) is 35.7 Å². The van der Waals surface area contributed by atoms with Crippen LogP contribution in [0, 0.1) is 5.92 Å². The van der Waals surface area contributed by atoms with E-state index >= 15 is 0 Å². The lowest BCUT2D eigenvalue weighted by Crippen LogP contribution is -2.53. The molecule has 2 aromatic heterocycles. The van der Waals surface area contributed by atoms with Crippen LogP contribution >= 0.6 is 0 Å². The van der Waals surface area contributed by atoms with Crippen LogP contribution in [0.15, 0.2) is 66.7 Å². The van der Waals surface area contributed by atoms with Crippen LogP contribution in [0.4, 0.5) is 4.79 Å². The zero-order chi connectivity index (χ0) is 32.3. The Morgan fingerprint density at radius 3 is 2.46 bits per heavy atom. The van der Waals surface area contributed by atoms with Crippen molar-refractivity contribution in [2.75, 3.05) is 0 Å². The summed E-state index contributed by atoms with van der Waals surface area (Å²) in [6.07, 6.45) is 2.00. The summed E-state index contributed by atoms with van der Waals surface area (Å²) in [7, 11) is 0. The average molecular weight is 626 g/mol. The molecular weight excluding hydrogens is 590 g/mol. The van der Waals surface area contributed by atoms with Crippen molar-refractivity contribution in [3.63, 3.8) is 0 Å². The Morgan fingerprint density at radius 1 is 1.04 bits per heavy atom. The van der Waals surface area contributed by atoms with Gasteiger partial charge in [-0.2, -0.15) is 5.21 Å². The second-order valence-electron chi connectivity index (χ2n) is 11.7. The van der Waals surface area contributed by atoms with Gasteiger partial charge in [-0.1, -0.05) is 73.9 Å². The average Bonchev–Trinajstić information content (AvgIpc) is 3.74. The summed E-state index contributed by atoms with van der Waals surface area (Å²) in [5, 5.41) is 34.3. The number of tetrazole rings is 1. The highest BCUT2D eigenvalue weighted by Crippen LogP contribution is 2.35. The molecule has 3 aromatic carbocycles. The number of aromatic nitrogens is 6. The van der Waals surface area contributed by atoms with Crippen molar-refractivity contribution in [2.45, 2.75) is 64.3 Å². The number of fused-ring (bicyclic) bond motifs is 1. The number of rotatable bonds is 10. The normalized spacial score (nSPS) is 15.7. The van der Waals surface area contributed by atoms with Crippen molar-refractivity contribution >= 4 is 23.2 Å². The number of nitrogens with one attached hydrogen (secondary N) is 2. The Morgan fingerprint density at radius 2 is 1.78 bits per heavy atom. The third kappa shape index (κ3) is 6.32. The minimum absolute atomic E-state index is 0.148. The fourth-order valence-electron chi connectivity index (χ4n) is 6.26. The van der Waals surface area contributed by atoms with Crippen LogP contribution in [-0.2, 0) is 16.1 Å². The molecule has 1 aliphatic carbocycles. The number of aliphatic hydroxyl groups is 1. The minimum Gasteiger partial charge on any atom is -0.448 e. The summed E-state index contributed by atoms with van der Waals surface area (Å²) in [5.41, 5.74) is 6.03. The molecule has 2 atom stereocenters. The zero-order valence-corrected chi connectivity index (χ0v) is 25.5. The fraction of sp³-hybridized carbons (Fsp3) is 0.333. The topological polar surface area (TPSA) is 177 Å². The number of carbonyl (C=O) groups is 2. The number of benzene rings is 3. The molecule has 6 rings (SSSR count). The van der Waals surface area contributed by atoms with E-state index in [0.29, 0.717) is 29.2 Å². The smallest absolute Gasteiger partial charge is 0.448 e. The van der Waals surface area contributed by atoms with E-state index in [4.69, 9.17) is 14.7 Å². The number of H-pyrrole nitrogens is 1. The van der Waals surface area contributed by atoms with E-state index in [-0.39, 0.29) is 11.5 Å². The summed E-state index contributed by atoms with van der Waals surface area (Å²) in [5.74, 6) is 0.0799. The predicted molar refractivity (Wildman–Crippen MR) is 167 cm³/mol. The van der Waals surface area contributed by atoms with Crippen LogP contribution in [0.3, 0.4) is 0 Å². The van der Waals surface area contributed by atoms with E-state index < -0.39 is 24.0 Å². The molecule has 0 spiro atoms. The van der Waals surface area contributed by atoms with Crippen LogP contribution in [0.5, 0.6) is 0 Å². The second kappa shape index (κ2) is 13.1. The number of hydrogen-bond donors (Lipinski definition) is 4. The van der Waals surface area contributed by atoms with Gasteiger partial charge in [-0.3, -0.25) is 0 Å². The fourth-order valence-corrected chi connectivity index (χ4v) is 6.26. The van der Waals surface area contributed by atoms with Crippen molar-refractivity contribution in [2.24, 2.45) is 5.92 Å². The van der Waals surface area contributed by atoms with E-state index in [9.17, 15) is 14.7 Å². The lowest BCUT2D eigenvalue weighted by molar-refractivity contribution is -0.142. The van der Waals surface area contributed by atoms with Gasteiger partial charge in [-0.15, -0.1) is 15.7 Å². The molecule has 2 heterocycles. The van der Waals surface area contributed by atoms with Gasteiger partial charge in [0.25, 0.3) is 0 Å². The van der Waals surface area contributed by atoms with Crippen LogP contribution in [-0.4, -0.2) is 58.2 Å². The largest absolute Gasteiger partial charge is 0.525 e. The molecule has 13 heteroatoms. The molecule has 13 nitrogen and oxygen atoms in total. The first-order valence-electron chi connectivity index (χ1n) is 15.2. The summed E-state index contributed by atoms with van der Waals surface area (Å²) >= 11 is 0. The quantitative estimate of drug-likeness (QED) is 0.0858. The monoisotopic (exact) mass is 625 g/mol. The summed E-state index contributed by atoms with van der Waals surface area (Å²) < 4.78 is 7.86. The summed E-state index contributed by atoms with van der Waals surface area (Å²) in [6, 6.07) is 20.9. The standard InChI is InChI=1S/C33H35N7O6/c1-20(41)30-34-27-14-8-13-26(31(42)45-33(2,37-46-32(43)44)23-9-4-3-5-10-23)28(27)40(30)19-21-15-17-22(18-16-21)24-11-6-7-12-25(24)29-35-38-39-36-29/h6-8,11-18,20,23,37,41H,3-5,9-10,19H2,1-2H3,(H,43,44)(H,35,36,38,39). The first-order valence-corrected chi connectivity index (χ1v) is 15.2. The highest BCUT2D eigenvalue weighted by atomic mass is 16.8. The molecule has 4 N–H and O–H groups in total. The van der Waals surface area contributed by atoms with Gasteiger partial charge in [0.2, 0.25) is 5.82 Å². The SMILES string of the molecule is CC(O)c1nc2cccc(C(=O)OC(C)(NOC(=O)O)C3CCCCC3)c2n1Cc1ccc(-c2ccccc2-c2nn[nH]n2)cc1. The number of imidazole rings is 1. The number of aromatic amines is 1. The number of aliphatic hydroxyl groups excluding tert-OH is 1. The highest BCUT2D eigenvalue weighted by Gasteiger charge is 2.41. The Hall–Kier alpha value is -5.14. The van der Waals surface area contributed by atoms with Crippen LogP contribution in [0.25, 0.3) is 33.5 Å². The number of ether oxygens (including phenoxy) is 1. The molecule has 0 aliphatic heterocycles. The van der Waals surface area contributed by atoms with E-state index in [1.54, 1.807) is 32.0 Å². The molecular formula is C33H35N7O6. The van der Waals surface area contributed by atoms with Gasteiger partial charge in [0.15, 0.2) is 5.72 Å². The van der Waals surface area contributed by atoms with E-state index in [0.717, 1.165) is 54.4 Å². The van der Waals surface area contributed by atoms with Gasteiger partial charge in [0.1, 0.15) is 11.9 Å². The molecule has 0 amide bonds. The predicted octanol–water partition coefficient (Wildman–Crippen LogP) is 5.64. The van der Waals surface area contributed by atoms with Gasteiger partial charge in [-0.05, 0) is 60.7 Å². The third-order valence-electron chi connectivity index (χ3n) is 8.54. The van der Waals surface area contributed by atoms with Gasteiger partial charge in [0, 0.05) is 18.0 Å². The molecule has 5 aromatic rings. The van der Waals surface area contributed by atoms with Crippen LogP contribution in [0.1, 0.15) is 73.8 Å². The van der Waals surface area contributed by atoms with Crippen LogP contribution in [0.2, 0.25) is 0 Å². The van der Waals surface area contributed by atoms with Gasteiger partial charge < -0.3 is 24.4 Å². The van der Waals surface area contributed by atoms with Gasteiger partial charge in [0.05, 0.1) is 16.6 Å². The van der Waals surface area contributed by atoms with Crippen LogP contribution < -0.4 is 5.48 Å². The number of carboxylic acid groups (broad SMARTS) is 1. The Labute approximate surface area is 264 Å². The maximum atomic E-state index is 13.9.